The molecule has 0 radical (unpaired) electrons. The van der Waals surface area contributed by atoms with Crippen molar-refractivity contribution in [2.45, 2.75) is 6.54 Å². The average Bonchev–Trinajstić information content (AvgIpc) is 2.60. The number of aromatic nitrogens is 2. The Bertz CT molecular complexity index is 455. The van der Waals surface area contributed by atoms with E-state index in [-0.39, 0.29) is 6.61 Å². The van der Waals surface area contributed by atoms with Crippen molar-refractivity contribution in [1.82, 2.24) is 14.7 Å². The summed E-state index contributed by atoms with van der Waals surface area (Å²) in [5.41, 5.74) is 1.81. The quantitative estimate of drug-likeness (QED) is 0.766. The number of hydrogen-bond acceptors (Lipinski definition) is 3. The minimum absolute atomic E-state index is 0.138. The van der Waals surface area contributed by atoms with Crippen molar-refractivity contribution in [3.63, 3.8) is 0 Å². The highest BCUT2D eigenvalue weighted by molar-refractivity contribution is 6.30. The van der Waals surface area contributed by atoms with Gasteiger partial charge < -0.3 is 14.8 Å². The lowest BCUT2D eigenvalue weighted by molar-refractivity contribution is 0.291. The van der Waals surface area contributed by atoms with Crippen LogP contribution in [0.5, 0.6) is 0 Å². The van der Waals surface area contributed by atoms with Gasteiger partial charge in [0.15, 0.2) is 0 Å². The number of nitrogens with one attached hydrogen (secondary N) is 1. The van der Waals surface area contributed by atoms with Crippen LogP contribution in [0.1, 0.15) is 5.69 Å². The van der Waals surface area contributed by atoms with Crippen LogP contribution in [-0.2, 0) is 6.54 Å². The third kappa shape index (κ3) is 2.47. The van der Waals surface area contributed by atoms with Gasteiger partial charge in [0.05, 0.1) is 17.3 Å². The first-order valence-electron chi connectivity index (χ1n) is 4.74. The van der Waals surface area contributed by atoms with Crippen molar-refractivity contribution >= 4 is 17.2 Å². The van der Waals surface area contributed by atoms with Crippen LogP contribution in [0.3, 0.4) is 0 Å². The molecule has 0 amide bonds. The van der Waals surface area contributed by atoms with Crippen LogP contribution in [0.4, 0.5) is 0 Å². The number of rotatable bonds is 4. The highest BCUT2D eigenvalue weighted by Gasteiger charge is 2.00. The summed E-state index contributed by atoms with van der Waals surface area (Å²) in [5.74, 6) is 0. The van der Waals surface area contributed by atoms with Gasteiger partial charge in [-0.05, 0) is 12.1 Å². The van der Waals surface area contributed by atoms with Gasteiger partial charge in [0.1, 0.15) is 5.65 Å². The molecule has 0 aliphatic heterocycles. The van der Waals surface area contributed by atoms with Crippen molar-refractivity contribution < 1.29 is 5.11 Å². The minimum Gasteiger partial charge on any atom is -0.395 e. The van der Waals surface area contributed by atoms with Crippen LogP contribution in [-0.4, -0.2) is 27.6 Å². The second kappa shape index (κ2) is 4.61. The van der Waals surface area contributed by atoms with Gasteiger partial charge in [-0.25, -0.2) is 4.98 Å². The molecule has 0 saturated heterocycles. The number of imidazole rings is 1. The molecule has 15 heavy (non-hydrogen) atoms. The third-order valence-corrected chi connectivity index (χ3v) is 2.28. The lowest BCUT2D eigenvalue weighted by Crippen LogP contribution is -2.17. The van der Waals surface area contributed by atoms with Gasteiger partial charge in [-0.2, -0.15) is 0 Å². The summed E-state index contributed by atoms with van der Waals surface area (Å²) in [6.45, 7) is 1.37. The number of aliphatic hydroxyl groups excluding tert-OH is 1. The van der Waals surface area contributed by atoms with Gasteiger partial charge in [-0.15, -0.1) is 0 Å². The maximum absolute atomic E-state index is 8.61. The van der Waals surface area contributed by atoms with E-state index in [1.165, 1.54) is 0 Å². The second-order valence-electron chi connectivity index (χ2n) is 3.25. The summed E-state index contributed by atoms with van der Waals surface area (Å²) in [6, 6.07) is 3.69. The summed E-state index contributed by atoms with van der Waals surface area (Å²) in [7, 11) is 0. The number of fused-ring (bicyclic) bond motifs is 1. The molecule has 5 heteroatoms. The predicted molar refractivity (Wildman–Crippen MR) is 59.0 cm³/mol. The first kappa shape index (κ1) is 10.4. The summed E-state index contributed by atoms with van der Waals surface area (Å²) in [5, 5.41) is 12.4. The van der Waals surface area contributed by atoms with E-state index < -0.39 is 0 Å². The highest BCUT2D eigenvalue weighted by Crippen LogP contribution is 2.11. The van der Waals surface area contributed by atoms with E-state index in [2.05, 4.69) is 10.3 Å². The van der Waals surface area contributed by atoms with Crippen molar-refractivity contribution in [2.75, 3.05) is 13.2 Å². The summed E-state index contributed by atoms with van der Waals surface area (Å²) >= 11 is 5.86. The van der Waals surface area contributed by atoms with E-state index in [9.17, 15) is 0 Å². The number of aliphatic hydroxyl groups is 1. The Morgan fingerprint density at radius 3 is 3.07 bits per heavy atom. The highest BCUT2D eigenvalue weighted by atomic mass is 35.5. The molecule has 0 aromatic carbocycles. The normalized spacial score (nSPS) is 11.1. The Hall–Kier alpha value is -1.10. The Balaban J connectivity index is 2.16. The monoisotopic (exact) mass is 225 g/mol. The van der Waals surface area contributed by atoms with Crippen LogP contribution in [0.25, 0.3) is 5.65 Å². The Morgan fingerprint density at radius 2 is 2.27 bits per heavy atom. The van der Waals surface area contributed by atoms with Crippen LogP contribution in [0.2, 0.25) is 5.02 Å². The number of nitrogens with zero attached hydrogens (tertiary/aromatic N) is 2. The minimum atomic E-state index is 0.138. The SMILES string of the molecule is OCCNCc1cn2cc(Cl)ccc2n1. The van der Waals surface area contributed by atoms with E-state index in [1.54, 1.807) is 0 Å². The molecule has 2 aromatic heterocycles. The topological polar surface area (TPSA) is 49.6 Å². The molecule has 0 unspecified atom stereocenters. The molecular formula is C10H12ClN3O. The molecular weight excluding hydrogens is 214 g/mol. The molecule has 2 rings (SSSR count). The molecule has 0 saturated carbocycles. The average molecular weight is 226 g/mol. The van der Waals surface area contributed by atoms with E-state index in [4.69, 9.17) is 16.7 Å². The zero-order valence-electron chi connectivity index (χ0n) is 8.15. The lowest BCUT2D eigenvalue weighted by atomic mass is 10.4. The molecule has 0 atom stereocenters. The molecule has 0 spiro atoms. The second-order valence-corrected chi connectivity index (χ2v) is 3.68. The Kier molecular flexibility index (Phi) is 3.20. The Labute approximate surface area is 92.5 Å². The van der Waals surface area contributed by atoms with Gasteiger partial charge in [0.25, 0.3) is 0 Å². The fraction of sp³-hybridized carbons (Fsp3) is 0.300. The van der Waals surface area contributed by atoms with Crippen molar-refractivity contribution in [3.8, 4) is 0 Å². The van der Waals surface area contributed by atoms with Crippen LogP contribution >= 0.6 is 11.6 Å². The van der Waals surface area contributed by atoms with Crippen LogP contribution in [0, 0.1) is 0 Å². The third-order valence-electron chi connectivity index (χ3n) is 2.06. The van der Waals surface area contributed by atoms with Crippen LogP contribution < -0.4 is 5.32 Å². The van der Waals surface area contributed by atoms with Crippen molar-refractivity contribution in [2.24, 2.45) is 0 Å². The van der Waals surface area contributed by atoms with Crippen molar-refractivity contribution in [3.05, 3.63) is 35.2 Å². The molecule has 0 aliphatic rings. The van der Waals surface area contributed by atoms with E-state index >= 15 is 0 Å². The predicted octanol–water partition coefficient (Wildman–Crippen LogP) is 1.07. The summed E-state index contributed by atoms with van der Waals surface area (Å²) in [6.07, 6.45) is 3.74. The van der Waals surface area contributed by atoms with Gasteiger partial charge in [-0.3, -0.25) is 0 Å². The van der Waals surface area contributed by atoms with E-state index in [1.807, 2.05) is 28.9 Å². The lowest BCUT2D eigenvalue weighted by Gasteiger charge is -1.96. The van der Waals surface area contributed by atoms with Gasteiger partial charge in [0, 0.05) is 25.5 Å². The van der Waals surface area contributed by atoms with Crippen LogP contribution in [0.15, 0.2) is 24.5 Å². The van der Waals surface area contributed by atoms with Gasteiger partial charge >= 0.3 is 0 Å². The zero-order chi connectivity index (χ0) is 10.7. The number of pyridine rings is 1. The maximum Gasteiger partial charge on any atom is 0.137 e. The summed E-state index contributed by atoms with van der Waals surface area (Å²) < 4.78 is 1.89. The first-order chi connectivity index (χ1) is 7.29. The van der Waals surface area contributed by atoms with Crippen molar-refractivity contribution in [1.29, 1.82) is 0 Å². The Morgan fingerprint density at radius 1 is 1.40 bits per heavy atom. The molecule has 0 fully saturated rings. The van der Waals surface area contributed by atoms with E-state index in [0.29, 0.717) is 18.1 Å². The standard InChI is InChI=1S/C10H12ClN3O/c11-8-1-2-10-13-9(5-12-3-4-15)7-14(10)6-8/h1-2,6-7,12,15H,3-5H2. The molecule has 2 aromatic rings. The fourth-order valence-corrected chi connectivity index (χ4v) is 1.57. The fourth-order valence-electron chi connectivity index (χ4n) is 1.40. The number of halogens is 1. The first-order valence-corrected chi connectivity index (χ1v) is 5.12. The zero-order valence-corrected chi connectivity index (χ0v) is 8.91. The van der Waals surface area contributed by atoms with Gasteiger partial charge in [-0.1, -0.05) is 11.6 Å². The molecule has 0 bridgehead atoms. The van der Waals surface area contributed by atoms with E-state index in [0.717, 1.165) is 11.3 Å². The number of hydrogen-bond donors (Lipinski definition) is 2. The molecule has 4 nitrogen and oxygen atoms in total. The molecule has 2 N–H and O–H groups in total. The smallest absolute Gasteiger partial charge is 0.137 e. The largest absolute Gasteiger partial charge is 0.395 e. The maximum atomic E-state index is 8.61. The summed E-state index contributed by atoms with van der Waals surface area (Å²) in [4.78, 5) is 4.39. The van der Waals surface area contributed by atoms with Gasteiger partial charge in [0.2, 0.25) is 0 Å². The molecule has 2 heterocycles. The molecule has 0 aliphatic carbocycles. The molecule has 80 valence electrons.